The minimum atomic E-state index is -0.0581. The Morgan fingerprint density at radius 3 is 2.26 bits per heavy atom. The minimum absolute atomic E-state index is 0.0121. The predicted molar refractivity (Wildman–Crippen MR) is 71.6 cm³/mol. The molecule has 102 valence electrons. The van der Waals surface area contributed by atoms with Crippen molar-refractivity contribution in [3.63, 3.8) is 0 Å². The molecular weight excluding hydrogens is 242 g/mol. The normalized spacial score (nSPS) is 15.7. The number of hydrogen-bond donors (Lipinski definition) is 0. The molecule has 1 fully saturated rings. The standard InChI is InChI=1S/C14H19N3O2/c1-11(2)13(18)16-7-9-17(10-8-16)14(19)12-5-3-4-6-15-12/h3-6,11H,7-10H2,1-2H3. The summed E-state index contributed by atoms with van der Waals surface area (Å²) in [4.78, 5) is 31.7. The van der Waals surface area contributed by atoms with Crippen LogP contribution in [0.2, 0.25) is 0 Å². The average Bonchev–Trinajstić information content (AvgIpc) is 2.46. The lowest BCUT2D eigenvalue weighted by molar-refractivity contribution is -0.135. The van der Waals surface area contributed by atoms with Crippen LogP contribution in [0.5, 0.6) is 0 Å². The van der Waals surface area contributed by atoms with Gasteiger partial charge in [0.05, 0.1) is 0 Å². The minimum Gasteiger partial charge on any atom is -0.339 e. The Morgan fingerprint density at radius 1 is 1.11 bits per heavy atom. The topological polar surface area (TPSA) is 53.5 Å². The van der Waals surface area contributed by atoms with Crippen LogP contribution in [0.15, 0.2) is 24.4 Å². The fraction of sp³-hybridized carbons (Fsp3) is 0.500. The fourth-order valence-corrected chi connectivity index (χ4v) is 2.15. The van der Waals surface area contributed by atoms with Crippen LogP contribution in [-0.2, 0) is 4.79 Å². The Kier molecular flexibility index (Phi) is 4.14. The van der Waals surface area contributed by atoms with Gasteiger partial charge in [-0.2, -0.15) is 0 Å². The van der Waals surface area contributed by atoms with Gasteiger partial charge >= 0.3 is 0 Å². The van der Waals surface area contributed by atoms with Crippen molar-refractivity contribution in [2.24, 2.45) is 5.92 Å². The maximum atomic E-state index is 12.2. The van der Waals surface area contributed by atoms with Gasteiger partial charge in [0.15, 0.2) is 0 Å². The summed E-state index contributed by atoms with van der Waals surface area (Å²) in [7, 11) is 0. The summed E-state index contributed by atoms with van der Waals surface area (Å²) in [5.74, 6) is 0.111. The van der Waals surface area contributed by atoms with E-state index in [0.717, 1.165) is 0 Å². The third-order valence-electron chi connectivity index (χ3n) is 3.26. The van der Waals surface area contributed by atoms with E-state index in [1.54, 1.807) is 29.3 Å². The first-order chi connectivity index (χ1) is 9.09. The van der Waals surface area contributed by atoms with Gasteiger partial charge in [-0.15, -0.1) is 0 Å². The molecule has 0 saturated carbocycles. The number of carbonyl (C=O) groups is 2. The zero-order chi connectivity index (χ0) is 13.8. The van der Waals surface area contributed by atoms with E-state index in [4.69, 9.17) is 0 Å². The van der Waals surface area contributed by atoms with Crippen LogP contribution in [0, 0.1) is 5.92 Å². The van der Waals surface area contributed by atoms with E-state index in [1.165, 1.54) is 0 Å². The van der Waals surface area contributed by atoms with Crippen LogP contribution in [0.4, 0.5) is 0 Å². The lowest BCUT2D eigenvalue weighted by atomic mass is 10.1. The molecule has 0 aliphatic carbocycles. The summed E-state index contributed by atoms with van der Waals surface area (Å²) in [6, 6.07) is 5.31. The number of amides is 2. The van der Waals surface area contributed by atoms with Crippen LogP contribution in [-0.4, -0.2) is 52.8 Å². The third-order valence-corrected chi connectivity index (χ3v) is 3.26. The van der Waals surface area contributed by atoms with E-state index in [2.05, 4.69) is 4.98 Å². The monoisotopic (exact) mass is 261 g/mol. The van der Waals surface area contributed by atoms with Crippen LogP contribution >= 0.6 is 0 Å². The van der Waals surface area contributed by atoms with Gasteiger partial charge in [0, 0.05) is 38.3 Å². The summed E-state index contributed by atoms with van der Waals surface area (Å²) < 4.78 is 0. The van der Waals surface area contributed by atoms with Crippen LogP contribution in [0.3, 0.4) is 0 Å². The Balaban J connectivity index is 1.94. The fourth-order valence-electron chi connectivity index (χ4n) is 2.15. The highest BCUT2D eigenvalue weighted by atomic mass is 16.2. The molecule has 1 aliphatic heterocycles. The van der Waals surface area contributed by atoms with E-state index < -0.39 is 0 Å². The lowest BCUT2D eigenvalue weighted by Crippen LogP contribution is -2.51. The Hall–Kier alpha value is -1.91. The van der Waals surface area contributed by atoms with Crippen LogP contribution in [0.1, 0.15) is 24.3 Å². The first kappa shape index (κ1) is 13.5. The quantitative estimate of drug-likeness (QED) is 0.798. The highest BCUT2D eigenvalue weighted by Crippen LogP contribution is 2.09. The molecule has 0 aromatic carbocycles. The van der Waals surface area contributed by atoms with Gasteiger partial charge in [-0.05, 0) is 12.1 Å². The number of nitrogens with zero attached hydrogens (tertiary/aromatic N) is 3. The molecule has 0 N–H and O–H groups in total. The van der Waals surface area contributed by atoms with Crippen molar-refractivity contribution in [3.8, 4) is 0 Å². The molecule has 2 rings (SSSR count). The molecule has 0 radical (unpaired) electrons. The van der Waals surface area contributed by atoms with Crippen molar-refractivity contribution < 1.29 is 9.59 Å². The van der Waals surface area contributed by atoms with E-state index >= 15 is 0 Å². The van der Waals surface area contributed by atoms with Gasteiger partial charge in [0.25, 0.3) is 5.91 Å². The molecule has 19 heavy (non-hydrogen) atoms. The number of rotatable bonds is 2. The van der Waals surface area contributed by atoms with Crippen molar-refractivity contribution in [1.82, 2.24) is 14.8 Å². The number of carbonyl (C=O) groups excluding carboxylic acids is 2. The smallest absolute Gasteiger partial charge is 0.272 e. The third kappa shape index (κ3) is 3.10. The van der Waals surface area contributed by atoms with Gasteiger partial charge in [-0.25, -0.2) is 0 Å². The average molecular weight is 261 g/mol. The number of hydrogen-bond acceptors (Lipinski definition) is 3. The second-order valence-electron chi connectivity index (χ2n) is 4.99. The molecule has 2 amide bonds. The van der Waals surface area contributed by atoms with Crippen molar-refractivity contribution in [2.45, 2.75) is 13.8 Å². The van der Waals surface area contributed by atoms with Gasteiger partial charge in [-0.1, -0.05) is 19.9 Å². The molecule has 1 aromatic heterocycles. The van der Waals surface area contributed by atoms with Crippen LogP contribution < -0.4 is 0 Å². The Labute approximate surface area is 113 Å². The summed E-state index contributed by atoms with van der Waals surface area (Å²) in [5.41, 5.74) is 0.464. The first-order valence-electron chi connectivity index (χ1n) is 6.58. The molecule has 5 heteroatoms. The molecular formula is C14H19N3O2. The first-order valence-corrected chi connectivity index (χ1v) is 6.58. The van der Waals surface area contributed by atoms with Crippen molar-refractivity contribution >= 4 is 11.8 Å². The second kappa shape index (κ2) is 5.82. The van der Waals surface area contributed by atoms with Gasteiger partial charge in [-0.3, -0.25) is 14.6 Å². The largest absolute Gasteiger partial charge is 0.339 e. The highest BCUT2D eigenvalue weighted by molar-refractivity contribution is 5.92. The summed E-state index contributed by atoms with van der Waals surface area (Å²) in [5, 5.41) is 0. The molecule has 1 saturated heterocycles. The molecule has 0 unspecified atom stereocenters. The Morgan fingerprint density at radius 2 is 1.74 bits per heavy atom. The van der Waals surface area contributed by atoms with Crippen molar-refractivity contribution in [2.75, 3.05) is 26.2 Å². The van der Waals surface area contributed by atoms with Crippen molar-refractivity contribution in [1.29, 1.82) is 0 Å². The number of piperazine rings is 1. The van der Waals surface area contributed by atoms with E-state index in [9.17, 15) is 9.59 Å². The van der Waals surface area contributed by atoms with E-state index in [1.807, 2.05) is 18.7 Å². The Bertz CT molecular complexity index is 451. The summed E-state index contributed by atoms with van der Waals surface area (Å²) in [6.45, 7) is 6.16. The molecule has 5 nitrogen and oxygen atoms in total. The molecule has 1 aromatic rings. The molecule has 0 bridgehead atoms. The highest BCUT2D eigenvalue weighted by Gasteiger charge is 2.26. The SMILES string of the molecule is CC(C)C(=O)N1CCN(C(=O)c2ccccn2)CC1. The molecule has 1 aliphatic rings. The zero-order valence-electron chi connectivity index (χ0n) is 11.4. The van der Waals surface area contributed by atoms with E-state index in [-0.39, 0.29) is 17.7 Å². The maximum absolute atomic E-state index is 12.2. The number of aromatic nitrogens is 1. The van der Waals surface area contributed by atoms with Gasteiger partial charge in [0.2, 0.25) is 5.91 Å². The van der Waals surface area contributed by atoms with Gasteiger partial charge in [0.1, 0.15) is 5.69 Å². The van der Waals surface area contributed by atoms with Crippen LogP contribution in [0.25, 0.3) is 0 Å². The second-order valence-corrected chi connectivity index (χ2v) is 4.99. The number of pyridine rings is 1. The lowest BCUT2D eigenvalue weighted by Gasteiger charge is -2.35. The molecule has 0 atom stereocenters. The zero-order valence-corrected chi connectivity index (χ0v) is 11.4. The predicted octanol–water partition coefficient (Wildman–Crippen LogP) is 1.02. The molecule has 0 spiro atoms. The summed E-state index contributed by atoms with van der Waals surface area (Å²) in [6.07, 6.45) is 1.62. The maximum Gasteiger partial charge on any atom is 0.272 e. The van der Waals surface area contributed by atoms with Crippen molar-refractivity contribution in [3.05, 3.63) is 30.1 Å². The molecule has 2 heterocycles. The van der Waals surface area contributed by atoms with E-state index in [0.29, 0.717) is 31.9 Å². The summed E-state index contributed by atoms with van der Waals surface area (Å²) >= 11 is 0. The van der Waals surface area contributed by atoms with Gasteiger partial charge < -0.3 is 9.80 Å².